The molecule has 0 N–H and O–H groups in total. The maximum absolute atomic E-state index is 12.2. The molecule has 2 rings (SSSR count). The van der Waals surface area contributed by atoms with Gasteiger partial charge in [0.25, 0.3) is 0 Å². The highest BCUT2D eigenvalue weighted by atomic mass is 79.9. The molecular formula is C14H19BrN2O. The predicted octanol–water partition coefficient (Wildman–Crippen LogP) is 3.14. The number of carbonyl (C=O) groups is 1. The SMILES string of the molecule is O=C(CCCCBr)N(Cc1ccccn1)C1CC1. The largest absolute Gasteiger partial charge is 0.334 e. The number of rotatable bonds is 7. The predicted molar refractivity (Wildman–Crippen MR) is 75.5 cm³/mol. The summed E-state index contributed by atoms with van der Waals surface area (Å²) in [6.45, 7) is 0.665. The minimum absolute atomic E-state index is 0.282. The zero-order chi connectivity index (χ0) is 12.8. The van der Waals surface area contributed by atoms with E-state index >= 15 is 0 Å². The Labute approximate surface area is 117 Å². The summed E-state index contributed by atoms with van der Waals surface area (Å²) >= 11 is 3.40. The highest BCUT2D eigenvalue weighted by Gasteiger charge is 2.32. The molecule has 0 radical (unpaired) electrons. The number of hydrogen-bond acceptors (Lipinski definition) is 2. The number of hydrogen-bond donors (Lipinski definition) is 0. The van der Waals surface area contributed by atoms with E-state index in [1.54, 1.807) is 6.20 Å². The van der Waals surface area contributed by atoms with Crippen LogP contribution in [0.1, 0.15) is 37.8 Å². The Bertz CT molecular complexity index is 379. The van der Waals surface area contributed by atoms with Crippen LogP contribution in [-0.2, 0) is 11.3 Å². The fourth-order valence-corrected chi connectivity index (χ4v) is 2.38. The van der Waals surface area contributed by atoms with Gasteiger partial charge in [0.1, 0.15) is 0 Å². The third-order valence-electron chi connectivity index (χ3n) is 3.14. The average molecular weight is 311 g/mol. The Morgan fingerprint density at radius 2 is 2.22 bits per heavy atom. The second kappa shape index (κ2) is 6.88. The molecule has 1 aliphatic carbocycles. The molecular weight excluding hydrogens is 292 g/mol. The van der Waals surface area contributed by atoms with E-state index in [4.69, 9.17) is 0 Å². The minimum atomic E-state index is 0.282. The van der Waals surface area contributed by atoms with Crippen molar-refractivity contribution in [3.63, 3.8) is 0 Å². The Hall–Kier alpha value is -0.900. The van der Waals surface area contributed by atoms with Crippen LogP contribution in [0.25, 0.3) is 0 Å². The summed E-state index contributed by atoms with van der Waals surface area (Å²) in [6.07, 6.45) is 6.78. The first-order valence-electron chi connectivity index (χ1n) is 6.56. The van der Waals surface area contributed by atoms with Crippen molar-refractivity contribution in [3.8, 4) is 0 Å². The van der Waals surface area contributed by atoms with Crippen molar-refractivity contribution in [1.82, 2.24) is 9.88 Å². The van der Waals surface area contributed by atoms with Crippen LogP contribution < -0.4 is 0 Å². The van der Waals surface area contributed by atoms with Crippen molar-refractivity contribution in [2.45, 2.75) is 44.7 Å². The van der Waals surface area contributed by atoms with Crippen LogP contribution in [0.15, 0.2) is 24.4 Å². The van der Waals surface area contributed by atoms with Crippen LogP contribution in [0.2, 0.25) is 0 Å². The molecule has 18 heavy (non-hydrogen) atoms. The van der Waals surface area contributed by atoms with E-state index in [-0.39, 0.29) is 5.91 Å². The molecule has 1 heterocycles. The van der Waals surface area contributed by atoms with Crippen LogP contribution >= 0.6 is 15.9 Å². The number of carbonyl (C=O) groups excluding carboxylic acids is 1. The number of aromatic nitrogens is 1. The van der Waals surface area contributed by atoms with Crippen LogP contribution in [0, 0.1) is 0 Å². The van der Waals surface area contributed by atoms with Gasteiger partial charge < -0.3 is 4.90 Å². The van der Waals surface area contributed by atoms with E-state index in [1.165, 1.54) is 0 Å². The molecule has 4 heteroatoms. The van der Waals surface area contributed by atoms with Crippen molar-refractivity contribution in [2.75, 3.05) is 5.33 Å². The summed E-state index contributed by atoms with van der Waals surface area (Å²) in [5, 5.41) is 0.976. The van der Waals surface area contributed by atoms with Crippen LogP contribution in [0.5, 0.6) is 0 Å². The molecule has 0 saturated heterocycles. The third kappa shape index (κ3) is 4.09. The molecule has 98 valence electrons. The van der Waals surface area contributed by atoms with E-state index in [0.29, 0.717) is 19.0 Å². The van der Waals surface area contributed by atoms with Crippen molar-refractivity contribution in [3.05, 3.63) is 30.1 Å². The number of halogens is 1. The van der Waals surface area contributed by atoms with E-state index in [1.807, 2.05) is 23.1 Å². The van der Waals surface area contributed by atoms with Gasteiger partial charge in [-0.1, -0.05) is 22.0 Å². The van der Waals surface area contributed by atoms with Gasteiger partial charge in [0.15, 0.2) is 0 Å². The number of alkyl halides is 1. The number of amides is 1. The Kier molecular flexibility index (Phi) is 5.17. The van der Waals surface area contributed by atoms with Crippen LogP contribution in [-0.4, -0.2) is 27.2 Å². The van der Waals surface area contributed by atoms with E-state index in [2.05, 4.69) is 20.9 Å². The van der Waals surface area contributed by atoms with E-state index in [9.17, 15) is 4.79 Å². The van der Waals surface area contributed by atoms with Crippen molar-refractivity contribution in [2.24, 2.45) is 0 Å². The van der Waals surface area contributed by atoms with Gasteiger partial charge in [0.2, 0.25) is 5.91 Å². The second-order valence-electron chi connectivity index (χ2n) is 4.72. The molecule has 1 amide bonds. The lowest BCUT2D eigenvalue weighted by atomic mass is 10.2. The van der Waals surface area contributed by atoms with Gasteiger partial charge in [-0.05, 0) is 37.8 Å². The van der Waals surface area contributed by atoms with E-state index < -0.39 is 0 Å². The summed E-state index contributed by atoms with van der Waals surface area (Å²) < 4.78 is 0. The first-order valence-corrected chi connectivity index (χ1v) is 7.68. The molecule has 1 aromatic heterocycles. The molecule has 1 aliphatic rings. The Balaban J connectivity index is 1.89. The normalized spacial score (nSPS) is 14.5. The Morgan fingerprint density at radius 3 is 2.83 bits per heavy atom. The summed E-state index contributed by atoms with van der Waals surface area (Å²) in [5.74, 6) is 0.282. The zero-order valence-electron chi connectivity index (χ0n) is 10.5. The molecule has 1 fully saturated rings. The summed E-state index contributed by atoms with van der Waals surface area (Å²) in [7, 11) is 0. The first kappa shape index (κ1) is 13.5. The van der Waals surface area contributed by atoms with Gasteiger partial charge in [-0.3, -0.25) is 9.78 Å². The van der Waals surface area contributed by atoms with Gasteiger partial charge in [-0.15, -0.1) is 0 Å². The third-order valence-corrected chi connectivity index (χ3v) is 3.70. The number of pyridine rings is 1. The molecule has 3 nitrogen and oxygen atoms in total. The van der Waals surface area contributed by atoms with Gasteiger partial charge in [0.05, 0.1) is 12.2 Å². The quantitative estimate of drug-likeness (QED) is 0.572. The van der Waals surface area contributed by atoms with Crippen molar-refractivity contribution in [1.29, 1.82) is 0 Å². The standard InChI is InChI=1S/C14H19BrN2O/c15-9-3-1-6-14(18)17(13-7-8-13)11-12-5-2-4-10-16-12/h2,4-5,10,13H,1,3,6-9,11H2. The molecule has 1 saturated carbocycles. The van der Waals surface area contributed by atoms with Gasteiger partial charge in [-0.25, -0.2) is 0 Å². The molecule has 0 atom stereocenters. The fourth-order valence-electron chi connectivity index (χ4n) is 1.99. The molecule has 0 unspecified atom stereocenters. The second-order valence-corrected chi connectivity index (χ2v) is 5.51. The molecule has 1 aromatic rings. The van der Waals surface area contributed by atoms with Gasteiger partial charge in [0, 0.05) is 24.0 Å². The lowest BCUT2D eigenvalue weighted by Crippen LogP contribution is -2.32. The highest BCUT2D eigenvalue weighted by molar-refractivity contribution is 9.09. The zero-order valence-corrected chi connectivity index (χ0v) is 12.1. The monoisotopic (exact) mass is 310 g/mol. The smallest absolute Gasteiger partial charge is 0.223 e. The lowest BCUT2D eigenvalue weighted by molar-refractivity contribution is -0.132. The lowest BCUT2D eigenvalue weighted by Gasteiger charge is -2.22. The molecule has 0 aromatic carbocycles. The van der Waals surface area contributed by atoms with Gasteiger partial charge >= 0.3 is 0 Å². The summed E-state index contributed by atoms with van der Waals surface area (Å²) in [5.41, 5.74) is 0.984. The fraction of sp³-hybridized carbons (Fsp3) is 0.571. The average Bonchev–Trinajstić information content (AvgIpc) is 3.21. The van der Waals surface area contributed by atoms with Crippen molar-refractivity contribution < 1.29 is 4.79 Å². The first-order chi connectivity index (χ1) is 8.81. The highest BCUT2D eigenvalue weighted by Crippen LogP contribution is 2.29. The summed E-state index contributed by atoms with van der Waals surface area (Å²) in [4.78, 5) is 18.5. The molecule has 0 bridgehead atoms. The van der Waals surface area contributed by atoms with Crippen LogP contribution in [0.4, 0.5) is 0 Å². The summed E-state index contributed by atoms with van der Waals surface area (Å²) in [6, 6.07) is 6.33. The topological polar surface area (TPSA) is 33.2 Å². The maximum atomic E-state index is 12.2. The maximum Gasteiger partial charge on any atom is 0.223 e. The molecule has 0 aliphatic heterocycles. The van der Waals surface area contributed by atoms with Crippen LogP contribution in [0.3, 0.4) is 0 Å². The Morgan fingerprint density at radius 1 is 1.39 bits per heavy atom. The van der Waals surface area contributed by atoms with Gasteiger partial charge in [-0.2, -0.15) is 0 Å². The van der Waals surface area contributed by atoms with E-state index in [0.717, 1.165) is 36.7 Å². The molecule has 0 spiro atoms. The van der Waals surface area contributed by atoms with Crippen molar-refractivity contribution >= 4 is 21.8 Å². The minimum Gasteiger partial charge on any atom is -0.334 e. The number of nitrogens with zero attached hydrogens (tertiary/aromatic N) is 2. The number of unbranched alkanes of at least 4 members (excludes halogenated alkanes) is 1.